The minimum Gasteiger partial charge on any atom is -0.0917 e. The molecule has 30 heavy (non-hydrogen) atoms. The molecule has 0 bridgehead atoms. The van der Waals surface area contributed by atoms with Crippen LogP contribution in [-0.2, 0) is 12.8 Å². The highest BCUT2D eigenvalue weighted by atomic mass is 14.3. The molecule has 0 spiro atoms. The molecular formula is C30H46. The standard InChI is InChI=1S/C30H46/c1-3-5-7-9-25-11-13-27(14-12-25)15-16-28-19-23-30(24-20-28)29-21-17-26(18-22-29)10-8-6-4-2/h4,6,11-14,17,28-30H,3,5,7-10,15-16,18-24H2,1-2H3/b6-4+. The summed E-state index contributed by atoms with van der Waals surface area (Å²) in [5.74, 6) is 2.97. The molecule has 0 heteroatoms. The molecule has 0 amide bonds. The predicted molar refractivity (Wildman–Crippen MR) is 133 cm³/mol. The third-order valence-corrected chi connectivity index (χ3v) is 7.90. The van der Waals surface area contributed by atoms with Gasteiger partial charge in [-0.05, 0) is 106 Å². The molecule has 0 N–H and O–H groups in total. The van der Waals surface area contributed by atoms with Crippen LogP contribution in [0.25, 0.3) is 0 Å². The zero-order chi connectivity index (χ0) is 21.0. The summed E-state index contributed by atoms with van der Waals surface area (Å²) in [6, 6.07) is 9.56. The van der Waals surface area contributed by atoms with Gasteiger partial charge in [0.15, 0.2) is 0 Å². The fourth-order valence-electron chi connectivity index (χ4n) is 5.77. The number of benzene rings is 1. The fourth-order valence-corrected chi connectivity index (χ4v) is 5.77. The normalized spacial score (nSPS) is 24.9. The van der Waals surface area contributed by atoms with Crippen LogP contribution in [0.3, 0.4) is 0 Å². The van der Waals surface area contributed by atoms with E-state index in [0.717, 1.165) is 17.8 Å². The van der Waals surface area contributed by atoms with Gasteiger partial charge in [0, 0.05) is 0 Å². The predicted octanol–water partition coefficient (Wildman–Crippen LogP) is 9.24. The summed E-state index contributed by atoms with van der Waals surface area (Å²) in [6.07, 6.45) is 27.7. The molecule has 0 saturated heterocycles. The van der Waals surface area contributed by atoms with Crippen molar-refractivity contribution in [1.29, 1.82) is 0 Å². The molecule has 1 saturated carbocycles. The molecule has 1 fully saturated rings. The Labute approximate surface area is 187 Å². The van der Waals surface area contributed by atoms with Crippen molar-refractivity contribution >= 4 is 0 Å². The van der Waals surface area contributed by atoms with E-state index in [4.69, 9.17) is 0 Å². The van der Waals surface area contributed by atoms with Gasteiger partial charge < -0.3 is 0 Å². The first kappa shape index (κ1) is 23.4. The van der Waals surface area contributed by atoms with Crippen LogP contribution in [0.1, 0.15) is 108 Å². The smallest absolute Gasteiger partial charge is 0.0276 e. The van der Waals surface area contributed by atoms with Gasteiger partial charge in [-0.2, -0.15) is 0 Å². The summed E-state index contributed by atoms with van der Waals surface area (Å²) >= 11 is 0. The minimum absolute atomic E-state index is 0.973. The van der Waals surface area contributed by atoms with Crippen molar-refractivity contribution < 1.29 is 0 Å². The van der Waals surface area contributed by atoms with E-state index < -0.39 is 0 Å². The van der Waals surface area contributed by atoms with Gasteiger partial charge in [-0.15, -0.1) is 0 Å². The van der Waals surface area contributed by atoms with E-state index in [2.05, 4.69) is 56.3 Å². The van der Waals surface area contributed by atoms with Gasteiger partial charge in [0.1, 0.15) is 0 Å². The van der Waals surface area contributed by atoms with Crippen molar-refractivity contribution in [2.75, 3.05) is 0 Å². The SMILES string of the molecule is C/C=C/CCC1=CCC(C2CCC(CCc3ccc(CCCCC)cc3)CC2)CC1. The molecule has 2 aliphatic carbocycles. The van der Waals surface area contributed by atoms with E-state index in [1.807, 2.05) is 0 Å². The molecule has 1 aromatic rings. The van der Waals surface area contributed by atoms with Crippen molar-refractivity contribution in [3.63, 3.8) is 0 Å². The van der Waals surface area contributed by atoms with Gasteiger partial charge in [-0.1, -0.05) is 80.7 Å². The summed E-state index contributed by atoms with van der Waals surface area (Å²) in [5, 5.41) is 0. The second-order valence-corrected chi connectivity index (χ2v) is 10.1. The van der Waals surface area contributed by atoms with E-state index in [0.29, 0.717) is 0 Å². The zero-order valence-electron chi connectivity index (χ0n) is 19.9. The van der Waals surface area contributed by atoms with Gasteiger partial charge in [0.25, 0.3) is 0 Å². The van der Waals surface area contributed by atoms with E-state index in [1.165, 1.54) is 102 Å². The Bertz CT molecular complexity index is 639. The molecule has 0 nitrogen and oxygen atoms in total. The van der Waals surface area contributed by atoms with E-state index in [9.17, 15) is 0 Å². The van der Waals surface area contributed by atoms with Crippen LogP contribution in [0.2, 0.25) is 0 Å². The summed E-state index contributed by atoms with van der Waals surface area (Å²) < 4.78 is 0. The first-order valence-electron chi connectivity index (χ1n) is 13.1. The Morgan fingerprint density at radius 1 is 0.833 bits per heavy atom. The maximum Gasteiger partial charge on any atom is -0.0276 e. The topological polar surface area (TPSA) is 0 Å². The van der Waals surface area contributed by atoms with Gasteiger partial charge in [0.2, 0.25) is 0 Å². The van der Waals surface area contributed by atoms with Crippen molar-refractivity contribution in [2.45, 2.75) is 110 Å². The lowest BCUT2D eigenvalue weighted by Crippen LogP contribution is -2.23. The van der Waals surface area contributed by atoms with Crippen LogP contribution in [-0.4, -0.2) is 0 Å². The summed E-state index contributed by atoms with van der Waals surface area (Å²) in [6.45, 7) is 4.42. The highest BCUT2D eigenvalue weighted by Crippen LogP contribution is 2.41. The first-order valence-corrected chi connectivity index (χ1v) is 13.1. The molecule has 1 atom stereocenters. The molecule has 0 aromatic heterocycles. The van der Waals surface area contributed by atoms with Crippen molar-refractivity contribution in [3.05, 3.63) is 59.2 Å². The highest BCUT2D eigenvalue weighted by Gasteiger charge is 2.28. The molecule has 2 aliphatic rings. The molecular weight excluding hydrogens is 360 g/mol. The fraction of sp³-hybridized carbons (Fsp3) is 0.667. The average Bonchev–Trinajstić information content (AvgIpc) is 2.80. The molecule has 0 aliphatic heterocycles. The van der Waals surface area contributed by atoms with Crippen LogP contribution in [0.5, 0.6) is 0 Å². The lowest BCUT2D eigenvalue weighted by atomic mass is 9.70. The molecule has 166 valence electrons. The van der Waals surface area contributed by atoms with Crippen LogP contribution in [0.15, 0.2) is 48.1 Å². The number of hydrogen-bond acceptors (Lipinski definition) is 0. The van der Waals surface area contributed by atoms with Gasteiger partial charge in [-0.3, -0.25) is 0 Å². The van der Waals surface area contributed by atoms with Gasteiger partial charge in [0.05, 0.1) is 0 Å². The lowest BCUT2D eigenvalue weighted by molar-refractivity contribution is 0.187. The van der Waals surface area contributed by atoms with Crippen LogP contribution >= 0.6 is 0 Å². The van der Waals surface area contributed by atoms with E-state index in [1.54, 1.807) is 11.1 Å². The summed E-state index contributed by atoms with van der Waals surface area (Å²) in [7, 11) is 0. The van der Waals surface area contributed by atoms with Crippen LogP contribution in [0, 0.1) is 17.8 Å². The average molecular weight is 407 g/mol. The van der Waals surface area contributed by atoms with Gasteiger partial charge >= 0.3 is 0 Å². The van der Waals surface area contributed by atoms with Gasteiger partial charge in [-0.25, -0.2) is 0 Å². The maximum atomic E-state index is 2.61. The quantitative estimate of drug-likeness (QED) is 0.254. The molecule has 0 heterocycles. The molecule has 3 rings (SSSR count). The Kier molecular flexibility index (Phi) is 10.3. The number of aryl methyl sites for hydroxylation is 2. The third-order valence-electron chi connectivity index (χ3n) is 7.90. The highest BCUT2D eigenvalue weighted by molar-refractivity contribution is 5.22. The zero-order valence-corrected chi connectivity index (χ0v) is 19.9. The number of unbranched alkanes of at least 4 members (excludes halogenated alkanes) is 2. The molecule has 0 radical (unpaired) electrons. The number of allylic oxidation sites excluding steroid dienone is 4. The summed E-state index contributed by atoms with van der Waals surface area (Å²) in [5.41, 5.74) is 4.81. The molecule has 1 aromatic carbocycles. The maximum absolute atomic E-state index is 2.61. The van der Waals surface area contributed by atoms with Crippen LogP contribution in [0.4, 0.5) is 0 Å². The lowest BCUT2D eigenvalue weighted by Gasteiger charge is -2.35. The number of hydrogen-bond donors (Lipinski definition) is 0. The van der Waals surface area contributed by atoms with Crippen molar-refractivity contribution in [1.82, 2.24) is 0 Å². The summed E-state index contributed by atoms with van der Waals surface area (Å²) in [4.78, 5) is 0. The Balaban J connectivity index is 1.33. The monoisotopic (exact) mass is 406 g/mol. The van der Waals surface area contributed by atoms with Crippen molar-refractivity contribution in [3.8, 4) is 0 Å². The second kappa shape index (κ2) is 13.2. The molecule has 1 unspecified atom stereocenters. The Morgan fingerprint density at radius 3 is 2.20 bits per heavy atom. The minimum atomic E-state index is 0.973. The van der Waals surface area contributed by atoms with E-state index in [-0.39, 0.29) is 0 Å². The Morgan fingerprint density at radius 2 is 1.57 bits per heavy atom. The third kappa shape index (κ3) is 7.75. The first-order chi connectivity index (χ1) is 14.8. The Hall–Kier alpha value is -1.30. The van der Waals surface area contributed by atoms with Crippen molar-refractivity contribution in [2.24, 2.45) is 17.8 Å². The number of rotatable bonds is 11. The van der Waals surface area contributed by atoms with E-state index >= 15 is 0 Å². The second-order valence-electron chi connectivity index (χ2n) is 10.1. The largest absolute Gasteiger partial charge is 0.0917 e. The van der Waals surface area contributed by atoms with Crippen LogP contribution < -0.4 is 0 Å².